The molecular weight excluding hydrogens is 388 g/mol. The number of aromatic nitrogens is 1. The minimum atomic E-state index is -3.80. The van der Waals surface area contributed by atoms with Crippen molar-refractivity contribution in [3.05, 3.63) is 64.1 Å². The molecule has 3 aromatic rings. The Morgan fingerprint density at radius 2 is 1.66 bits per heavy atom. The lowest BCUT2D eigenvalue weighted by molar-refractivity contribution is 0.463. The molecule has 1 aromatic heterocycles. The molecule has 0 saturated carbocycles. The van der Waals surface area contributed by atoms with Crippen molar-refractivity contribution in [2.24, 2.45) is 13.0 Å². The van der Waals surface area contributed by atoms with E-state index >= 15 is 0 Å². The van der Waals surface area contributed by atoms with Gasteiger partial charge in [-0.3, -0.25) is 4.57 Å². The summed E-state index contributed by atoms with van der Waals surface area (Å²) in [6.07, 6.45) is 1.05. The maximum absolute atomic E-state index is 13.0. The topological polar surface area (TPSA) is 81.3 Å². The first kappa shape index (κ1) is 21.3. The average molecular weight is 417 g/mol. The highest BCUT2D eigenvalue weighted by Gasteiger charge is 2.25. The van der Waals surface area contributed by atoms with Crippen molar-refractivity contribution in [2.75, 3.05) is 0 Å². The summed E-state index contributed by atoms with van der Waals surface area (Å²) in [7, 11) is -2.22. The second-order valence-corrected chi connectivity index (χ2v) is 9.59. The molecule has 0 aliphatic rings. The Morgan fingerprint density at radius 1 is 1.03 bits per heavy atom. The maximum Gasteiger partial charge on any atom is 0.419 e. The summed E-state index contributed by atoms with van der Waals surface area (Å²) in [6, 6.07) is 12.2. The Labute approximate surface area is 171 Å². The Kier molecular flexibility index (Phi) is 6.00. The van der Waals surface area contributed by atoms with Crippen LogP contribution in [0.1, 0.15) is 57.2 Å². The zero-order valence-corrected chi connectivity index (χ0v) is 18.3. The number of rotatable bonds is 7. The first-order valence-electron chi connectivity index (χ1n) is 9.85. The summed E-state index contributed by atoms with van der Waals surface area (Å²) in [5.41, 5.74) is 2.96. The highest BCUT2D eigenvalue weighted by atomic mass is 32.2. The molecule has 0 aliphatic heterocycles. The van der Waals surface area contributed by atoms with E-state index in [-0.39, 0.29) is 22.4 Å². The van der Waals surface area contributed by atoms with Crippen LogP contribution < -0.4 is 10.5 Å². The van der Waals surface area contributed by atoms with E-state index in [0.717, 1.165) is 12.0 Å². The molecule has 0 unspecified atom stereocenters. The second-order valence-electron chi connectivity index (χ2n) is 7.88. The van der Waals surface area contributed by atoms with E-state index in [4.69, 9.17) is 4.42 Å². The summed E-state index contributed by atoms with van der Waals surface area (Å²) in [5, 5.41) is 0. The van der Waals surface area contributed by atoms with Crippen molar-refractivity contribution < 1.29 is 12.8 Å². The fourth-order valence-electron chi connectivity index (χ4n) is 3.37. The molecule has 0 aliphatic carbocycles. The quantitative estimate of drug-likeness (QED) is 0.622. The molecule has 29 heavy (non-hydrogen) atoms. The second kappa shape index (κ2) is 8.16. The monoisotopic (exact) mass is 416 g/mol. The number of sulfonamides is 1. The largest absolute Gasteiger partial charge is 0.419 e. The predicted molar refractivity (Wildman–Crippen MR) is 115 cm³/mol. The highest BCUT2D eigenvalue weighted by Crippen LogP contribution is 2.27. The van der Waals surface area contributed by atoms with Gasteiger partial charge in [0, 0.05) is 19.2 Å². The van der Waals surface area contributed by atoms with Gasteiger partial charge in [0.25, 0.3) is 0 Å². The van der Waals surface area contributed by atoms with Gasteiger partial charge in [0.2, 0.25) is 10.0 Å². The molecule has 2 atom stereocenters. The summed E-state index contributed by atoms with van der Waals surface area (Å²) in [4.78, 5) is 11.8. The van der Waals surface area contributed by atoms with Crippen molar-refractivity contribution in [3.63, 3.8) is 0 Å². The number of aryl methyl sites for hydroxylation is 1. The van der Waals surface area contributed by atoms with Crippen molar-refractivity contribution in [3.8, 4) is 0 Å². The number of hydrogen-bond acceptors (Lipinski definition) is 4. The first-order valence-corrected chi connectivity index (χ1v) is 11.3. The first-order chi connectivity index (χ1) is 13.6. The van der Waals surface area contributed by atoms with Crippen molar-refractivity contribution >= 4 is 21.1 Å². The van der Waals surface area contributed by atoms with E-state index in [1.807, 2.05) is 26.0 Å². The average Bonchev–Trinajstić information content (AvgIpc) is 2.99. The normalized spacial score (nSPS) is 14.4. The molecule has 0 saturated heterocycles. The highest BCUT2D eigenvalue weighted by molar-refractivity contribution is 7.89. The molecule has 3 rings (SSSR count). The molecule has 1 heterocycles. The lowest BCUT2D eigenvalue weighted by Gasteiger charge is -2.23. The number of nitrogens with zero attached hydrogens (tertiary/aromatic N) is 1. The van der Waals surface area contributed by atoms with Crippen LogP contribution in [0.5, 0.6) is 0 Å². The van der Waals surface area contributed by atoms with Gasteiger partial charge in [0.05, 0.1) is 10.4 Å². The standard InChI is InChI=1S/C22H28N2O4S/c1-6-15(4)16-7-9-17(10-8-16)21(14(2)3)23-29(26,27)18-11-12-19-20(13-18)28-22(25)24(19)5/h7-15,21,23H,6H2,1-5H3/t15-,21+/m0/s1. The molecular formula is C22H28N2O4S. The van der Waals surface area contributed by atoms with Gasteiger partial charge in [-0.1, -0.05) is 52.0 Å². The molecule has 1 N–H and O–H groups in total. The van der Waals surface area contributed by atoms with Gasteiger partial charge in [0.1, 0.15) is 0 Å². The smallest absolute Gasteiger partial charge is 0.408 e. The number of fused-ring (bicyclic) bond motifs is 1. The molecule has 156 valence electrons. The third-order valence-electron chi connectivity index (χ3n) is 5.50. The van der Waals surface area contributed by atoms with Crippen molar-refractivity contribution in [1.29, 1.82) is 0 Å². The zero-order valence-electron chi connectivity index (χ0n) is 17.5. The molecule has 6 nitrogen and oxygen atoms in total. The van der Waals surface area contributed by atoms with Crippen molar-refractivity contribution in [2.45, 2.75) is 51.0 Å². The number of oxazole rings is 1. The molecule has 0 bridgehead atoms. The Balaban J connectivity index is 1.92. The summed E-state index contributed by atoms with van der Waals surface area (Å²) in [6.45, 7) is 8.29. The van der Waals surface area contributed by atoms with Crippen LogP contribution in [-0.2, 0) is 17.1 Å². The fourth-order valence-corrected chi connectivity index (χ4v) is 4.76. The van der Waals surface area contributed by atoms with Gasteiger partial charge < -0.3 is 4.42 Å². The van der Waals surface area contributed by atoms with Crippen LogP contribution in [0.4, 0.5) is 0 Å². The van der Waals surface area contributed by atoms with Gasteiger partial charge in [-0.05, 0) is 41.5 Å². The minimum absolute atomic E-state index is 0.0533. The summed E-state index contributed by atoms with van der Waals surface area (Å²) < 4.78 is 35.4. The van der Waals surface area contributed by atoms with Gasteiger partial charge in [0.15, 0.2) is 5.58 Å². The Morgan fingerprint density at radius 3 is 2.24 bits per heavy atom. The van der Waals surface area contributed by atoms with Crippen LogP contribution in [0.25, 0.3) is 11.1 Å². The van der Waals surface area contributed by atoms with Crippen LogP contribution in [0.3, 0.4) is 0 Å². The fraction of sp³-hybridized carbons (Fsp3) is 0.409. The van der Waals surface area contributed by atoms with E-state index < -0.39 is 15.8 Å². The van der Waals surface area contributed by atoms with Gasteiger partial charge in [-0.15, -0.1) is 0 Å². The molecule has 0 radical (unpaired) electrons. The van der Waals surface area contributed by atoms with E-state index in [9.17, 15) is 13.2 Å². The lowest BCUT2D eigenvalue weighted by Crippen LogP contribution is -2.31. The maximum atomic E-state index is 13.0. The summed E-state index contributed by atoms with van der Waals surface area (Å²) in [5.74, 6) is -0.00734. The summed E-state index contributed by atoms with van der Waals surface area (Å²) >= 11 is 0. The van der Waals surface area contributed by atoms with Gasteiger partial charge >= 0.3 is 5.76 Å². The number of hydrogen-bond donors (Lipinski definition) is 1. The van der Waals surface area contributed by atoms with Crippen LogP contribution in [0.2, 0.25) is 0 Å². The van der Waals surface area contributed by atoms with Crippen LogP contribution in [0.15, 0.2) is 56.6 Å². The molecule has 7 heteroatoms. The third kappa shape index (κ3) is 4.31. The van der Waals surface area contributed by atoms with Crippen LogP contribution in [-0.4, -0.2) is 13.0 Å². The van der Waals surface area contributed by atoms with Crippen LogP contribution >= 0.6 is 0 Å². The van der Waals surface area contributed by atoms with E-state index in [1.54, 1.807) is 13.1 Å². The molecule has 0 spiro atoms. The zero-order chi connectivity index (χ0) is 21.3. The van der Waals surface area contributed by atoms with E-state index in [0.29, 0.717) is 11.4 Å². The van der Waals surface area contributed by atoms with Gasteiger partial charge in [-0.2, -0.15) is 0 Å². The van der Waals surface area contributed by atoms with Crippen molar-refractivity contribution in [1.82, 2.24) is 9.29 Å². The Bertz CT molecular complexity index is 1160. The Hall–Kier alpha value is -2.38. The SMILES string of the molecule is CC[C@H](C)c1ccc([C@H](NS(=O)(=O)c2ccc3c(c2)oc(=O)n3C)C(C)C)cc1. The number of benzene rings is 2. The van der Waals surface area contributed by atoms with E-state index in [2.05, 4.69) is 30.7 Å². The third-order valence-corrected chi connectivity index (χ3v) is 6.94. The molecule has 0 amide bonds. The van der Waals surface area contributed by atoms with E-state index in [1.165, 1.54) is 22.3 Å². The predicted octanol–water partition coefficient (Wildman–Crippen LogP) is 4.32. The lowest BCUT2D eigenvalue weighted by atomic mass is 9.93. The van der Waals surface area contributed by atoms with Crippen LogP contribution in [0, 0.1) is 5.92 Å². The molecule has 2 aromatic carbocycles. The number of nitrogens with one attached hydrogen (secondary N) is 1. The molecule has 0 fully saturated rings. The van der Waals surface area contributed by atoms with Gasteiger partial charge in [-0.25, -0.2) is 17.9 Å². The minimum Gasteiger partial charge on any atom is -0.408 e.